The summed E-state index contributed by atoms with van der Waals surface area (Å²) >= 11 is 5.77. The summed E-state index contributed by atoms with van der Waals surface area (Å²) < 4.78 is 10.3. The second kappa shape index (κ2) is 4.06. The van der Waals surface area contributed by atoms with Crippen molar-refractivity contribution in [1.82, 2.24) is 15.0 Å². The lowest BCUT2D eigenvalue weighted by molar-refractivity contribution is 0.518. The van der Waals surface area contributed by atoms with Gasteiger partial charge in [-0.25, -0.2) is 4.98 Å². The highest BCUT2D eigenvalue weighted by Gasteiger charge is 2.10. The molecule has 0 aliphatic heterocycles. The molecule has 0 aliphatic carbocycles. The van der Waals surface area contributed by atoms with Gasteiger partial charge in [-0.1, -0.05) is 0 Å². The summed E-state index contributed by atoms with van der Waals surface area (Å²) in [5.41, 5.74) is 0.896. The molecule has 0 radical (unpaired) electrons. The van der Waals surface area contributed by atoms with Crippen molar-refractivity contribution in [1.29, 1.82) is 0 Å². The van der Waals surface area contributed by atoms with Crippen molar-refractivity contribution in [2.24, 2.45) is 0 Å². The average molecular weight is 251 g/mol. The summed E-state index contributed by atoms with van der Waals surface area (Å²) in [6.07, 6.45) is 2.91. The Morgan fingerprint density at radius 2 is 2.24 bits per heavy atom. The summed E-state index contributed by atoms with van der Waals surface area (Å²) in [7, 11) is 0. The van der Waals surface area contributed by atoms with Gasteiger partial charge in [-0.15, -0.1) is 0 Å². The van der Waals surface area contributed by atoms with Gasteiger partial charge in [-0.05, 0) is 23.7 Å². The number of halogens is 1. The molecule has 0 fully saturated rings. The fourth-order valence-corrected chi connectivity index (χ4v) is 1.60. The van der Waals surface area contributed by atoms with E-state index in [2.05, 4.69) is 20.3 Å². The smallest absolute Gasteiger partial charge is 0.253 e. The van der Waals surface area contributed by atoms with Crippen LogP contribution in [0.4, 0.5) is 5.82 Å². The average Bonchev–Trinajstić information content (AvgIpc) is 2.95. The van der Waals surface area contributed by atoms with E-state index in [0.717, 1.165) is 5.76 Å². The number of aromatic nitrogens is 3. The number of fused-ring (bicyclic) bond motifs is 1. The van der Waals surface area contributed by atoms with Crippen molar-refractivity contribution >= 4 is 28.6 Å². The van der Waals surface area contributed by atoms with Crippen molar-refractivity contribution in [3.05, 3.63) is 35.8 Å². The van der Waals surface area contributed by atoms with Crippen LogP contribution in [0.15, 0.2) is 33.6 Å². The molecule has 3 heterocycles. The monoisotopic (exact) mass is 250 g/mol. The molecule has 0 saturated carbocycles. The summed E-state index contributed by atoms with van der Waals surface area (Å²) in [5, 5.41) is 3.17. The zero-order valence-corrected chi connectivity index (χ0v) is 9.31. The van der Waals surface area contributed by atoms with Gasteiger partial charge in [0.1, 0.15) is 5.76 Å². The highest BCUT2D eigenvalue weighted by molar-refractivity contribution is 6.28. The van der Waals surface area contributed by atoms with Gasteiger partial charge in [0.05, 0.1) is 12.8 Å². The van der Waals surface area contributed by atoms with E-state index in [1.165, 1.54) is 6.39 Å². The summed E-state index contributed by atoms with van der Waals surface area (Å²) in [4.78, 5) is 12.0. The predicted octanol–water partition coefficient (Wildman–Crippen LogP) is 2.48. The quantitative estimate of drug-likeness (QED) is 0.720. The molecule has 6 nitrogen and oxygen atoms in total. The van der Waals surface area contributed by atoms with Gasteiger partial charge < -0.3 is 14.2 Å². The summed E-state index contributed by atoms with van der Waals surface area (Å²) in [5.74, 6) is 1.31. The Morgan fingerprint density at radius 3 is 3.06 bits per heavy atom. The van der Waals surface area contributed by atoms with E-state index >= 15 is 0 Å². The van der Waals surface area contributed by atoms with Crippen molar-refractivity contribution < 1.29 is 8.83 Å². The molecule has 0 atom stereocenters. The van der Waals surface area contributed by atoms with E-state index in [1.807, 2.05) is 12.1 Å². The van der Waals surface area contributed by atoms with Crippen LogP contribution in [-0.4, -0.2) is 15.0 Å². The molecule has 86 valence electrons. The van der Waals surface area contributed by atoms with Crippen LogP contribution in [0.1, 0.15) is 5.76 Å². The molecular formula is C10H7ClN4O2. The SMILES string of the molecule is Clc1nc(NCc2ccco2)c2ncoc2n1. The number of oxazole rings is 1. The molecule has 3 aromatic rings. The Balaban J connectivity index is 1.91. The molecule has 0 aromatic carbocycles. The van der Waals surface area contributed by atoms with Gasteiger partial charge in [0.15, 0.2) is 17.7 Å². The van der Waals surface area contributed by atoms with Crippen LogP contribution in [0.25, 0.3) is 11.2 Å². The fourth-order valence-electron chi connectivity index (χ4n) is 1.44. The molecule has 0 bridgehead atoms. The molecule has 3 rings (SSSR count). The predicted molar refractivity (Wildman–Crippen MR) is 60.6 cm³/mol. The lowest BCUT2D eigenvalue weighted by Gasteiger charge is -2.03. The number of anilines is 1. The van der Waals surface area contributed by atoms with E-state index < -0.39 is 0 Å². The van der Waals surface area contributed by atoms with E-state index in [0.29, 0.717) is 23.6 Å². The minimum atomic E-state index is 0.108. The second-order valence-corrected chi connectivity index (χ2v) is 3.62. The number of nitrogens with one attached hydrogen (secondary N) is 1. The van der Waals surface area contributed by atoms with Gasteiger partial charge in [0.2, 0.25) is 5.28 Å². The standard InChI is InChI=1S/C10H7ClN4O2/c11-10-14-8(7-9(15-10)17-5-13-7)12-4-6-2-1-3-16-6/h1-3,5H,4H2,(H,12,14,15). The maximum Gasteiger partial charge on any atom is 0.253 e. The normalized spacial score (nSPS) is 10.9. The molecule has 0 saturated heterocycles. The first-order valence-corrected chi connectivity index (χ1v) is 5.24. The van der Waals surface area contributed by atoms with Crippen LogP contribution in [0.3, 0.4) is 0 Å². The molecule has 17 heavy (non-hydrogen) atoms. The van der Waals surface area contributed by atoms with Crippen LogP contribution in [-0.2, 0) is 6.54 Å². The van der Waals surface area contributed by atoms with Crippen molar-refractivity contribution in [3.63, 3.8) is 0 Å². The number of nitrogens with zero attached hydrogens (tertiary/aromatic N) is 3. The van der Waals surface area contributed by atoms with E-state index in [1.54, 1.807) is 6.26 Å². The summed E-state index contributed by atoms with van der Waals surface area (Å²) in [6, 6.07) is 3.67. The molecule has 7 heteroatoms. The third kappa shape index (κ3) is 1.94. The van der Waals surface area contributed by atoms with Crippen LogP contribution in [0.5, 0.6) is 0 Å². The maximum absolute atomic E-state index is 5.77. The van der Waals surface area contributed by atoms with Crippen molar-refractivity contribution in [3.8, 4) is 0 Å². The fraction of sp³-hybridized carbons (Fsp3) is 0.100. The number of rotatable bonds is 3. The Kier molecular flexibility index (Phi) is 2.41. The first kappa shape index (κ1) is 10.1. The van der Waals surface area contributed by atoms with E-state index in [4.69, 9.17) is 20.4 Å². The largest absolute Gasteiger partial charge is 0.467 e. The minimum absolute atomic E-state index is 0.108. The molecule has 3 aromatic heterocycles. The Morgan fingerprint density at radius 1 is 1.29 bits per heavy atom. The van der Waals surface area contributed by atoms with Crippen LogP contribution < -0.4 is 5.32 Å². The second-order valence-electron chi connectivity index (χ2n) is 3.28. The Hall–Kier alpha value is -2.08. The Bertz CT molecular complexity index is 635. The molecular weight excluding hydrogens is 244 g/mol. The molecule has 0 spiro atoms. The van der Waals surface area contributed by atoms with Crippen LogP contribution in [0, 0.1) is 0 Å². The molecule has 1 N–H and O–H groups in total. The lowest BCUT2D eigenvalue weighted by Crippen LogP contribution is -2.02. The molecule has 0 aliphatic rings. The van der Waals surface area contributed by atoms with E-state index in [-0.39, 0.29) is 5.28 Å². The van der Waals surface area contributed by atoms with Gasteiger partial charge >= 0.3 is 0 Å². The Labute approximate surface area is 101 Å². The third-order valence-corrected chi connectivity index (χ3v) is 2.35. The van der Waals surface area contributed by atoms with Gasteiger partial charge in [-0.2, -0.15) is 9.97 Å². The first-order chi connectivity index (χ1) is 8.33. The number of hydrogen-bond acceptors (Lipinski definition) is 6. The molecule has 0 amide bonds. The highest BCUT2D eigenvalue weighted by Crippen LogP contribution is 2.20. The first-order valence-electron chi connectivity index (χ1n) is 4.86. The van der Waals surface area contributed by atoms with Crippen molar-refractivity contribution in [2.45, 2.75) is 6.54 Å². The topological polar surface area (TPSA) is 77.0 Å². The van der Waals surface area contributed by atoms with E-state index in [9.17, 15) is 0 Å². The number of furan rings is 1. The zero-order valence-electron chi connectivity index (χ0n) is 8.55. The third-order valence-electron chi connectivity index (χ3n) is 2.18. The van der Waals surface area contributed by atoms with Crippen LogP contribution >= 0.6 is 11.6 Å². The maximum atomic E-state index is 5.77. The zero-order chi connectivity index (χ0) is 11.7. The van der Waals surface area contributed by atoms with Crippen molar-refractivity contribution in [2.75, 3.05) is 5.32 Å². The lowest BCUT2D eigenvalue weighted by atomic mass is 10.4. The van der Waals surface area contributed by atoms with Crippen LogP contribution in [0.2, 0.25) is 5.28 Å². The van der Waals surface area contributed by atoms with Gasteiger partial charge in [-0.3, -0.25) is 0 Å². The minimum Gasteiger partial charge on any atom is -0.467 e. The highest BCUT2D eigenvalue weighted by atomic mass is 35.5. The number of hydrogen-bond donors (Lipinski definition) is 1. The van der Waals surface area contributed by atoms with Gasteiger partial charge in [0, 0.05) is 0 Å². The molecule has 0 unspecified atom stereocenters. The van der Waals surface area contributed by atoms with Gasteiger partial charge in [0.25, 0.3) is 5.71 Å². The summed E-state index contributed by atoms with van der Waals surface area (Å²) in [6.45, 7) is 0.488.